The smallest absolute Gasteiger partial charge is 0.268 e. The fourth-order valence-corrected chi connectivity index (χ4v) is 3.45. The van der Waals surface area contributed by atoms with Gasteiger partial charge in [0.25, 0.3) is 11.8 Å². The van der Waals surface area contributed by atoms with Crippen LogP contribution >= 0.6 is 11.3 Å². The van der Waals surface area contributed by atoms with Crippen molar-refractivity contribution < 1.29 is 4.42 Å². The van der Waals surface area contributed by atoms with Crippen molar-refractivity contribution in [2.24, 2.45) is 0 Å². The van der Waals surface area contributed by atoms with Crippen molar-refractivity contribution in [3.63, 3.8) is 0 Å². The molecule has 0 unspecified atom stereocenters. The molecule has 0 bridgehead atoms. The summed E-state index contributed by atoms with van der Waals surface area (Å²) >= 11 is 1.38. The van der Waals surface area contributed by atoms with E-state index in [4.69, 9.17) is 4.42 Å². The van der Waals surface area contributed by atoms with Crippen molar-refractivity contribution in [1.82, 2.24) is 25.1 Å². The molecule has 4 aromatic rings. The first kappa shape index (κ1) is 18.5. The Morgan fingerprint density at radius 2 is 1.79 bits per heavy atom. The Bertz CT molecular complexity index is 1220. The quantitative estimate of drug-likeness (QED) is 0.492. The number of nitrogens with zero attached hydrogens (tertiary/aromatic N) is 6. The van der Waals surface area contributed by atoms with Crippen molar-refractivity contribution in [1.29, 1.82) is 5.26 Å². The number of hydrogen-bond acceptors (Lipinski definition) is 8. The van der Waals surface area contributed by atoms with Crippen LogP contribution in [0.1, 0.15) is 11.1 Å². The van der Waals surface area contributed by atoms with Gasteiger partial charge in [-0.25, -0.2) is 4.98 Å². The largest absolute Gasteiger partial charge is 0.414 e. The van der Waals surface area contributed by atoms with E-state index in [1.807, 2.05) is 48.6 Å². The Balaban J connectivity index is 1.63. The molecule has 0 amide bonds. The molecular weight excluding hydrogens is 384 g/mol. The van der Waals surface area contributed by atoms with E-state index in [1.165, 1.54) is 11.3 Å². The lowest BCUT2D eigenvalue weighted by atomic mass is 10.1. The lowest BCUT2D eigenvalue weighted by Crippen LogP contribution is -2.08. The molecule has 0 N–H and O–H groups in total. The molecule has 0 spiro atoms. The third-order valence-corrected chi connectivity index (χ3v) is 5.21. The predicted molar refractivity (Wildman–Crippen MR) is 112 cm³/mol. The lowest BCUT2D eigenvalue weighted by Gasteiger charge is -2.15. The molecule has 0 saturated carbocycles. The Morgan fingerprint density at radius 1 is 1.07 bits per heavy atom. The van der Waals surface area contributed by atoms with E-state index < -0.39 is 0 Å². The molecule has 3 aromatic heterocycles. The summed E-state index contributed by atoms with van der Waals surface area (Å²) in [5, 5.41) is 19.1. The second-order valence-electron chi connectivity index (χ2n) is 6.40. The molecule has 0 radical (unpaired) electrons. The minimum atomic E-state index is 0.254. The summed E-state index contributed by atoms with van der Waals surface area (Å²) in [6.45, 7) is 4.07. The summed E-state index contributed by atoms with van der Waals surface area (Å²) < 4.78 is 5.74. The zero-order chi connectivity index (χ0) is 20.4. The molecule has 0 atom stereocenters. The van der Waals surface area contributed by atoms with Crippen molar-refractivity contribution in [3.8, 4) is 39.7 Å². The highest BCUT2D eigenvalue weighted by molar-refractivity contribution is 7.13. The Morgan fingerprint density at radius 3 is 2.52 bits per heavy atom. The molecule has 7 nitrogen and oxygen atoms in total. The SMILES string of the molecule is C=C(c1ccc(-c2cncc(-c3nnc(-c4sccc4C#N)o3)n2)cc1)N(C)C. The van der Waals surface area contributed by atoms with Crippen molar-refractivity contribution in [2.45, 2.75) is 0 Å². The average molecular weight is 400 g/mol. The van der Waals surface area contributed by atoms with E-state index in [1.54, 1.807) is 18.5 Å². The number of hydrogen-bond donors (Lipinski definition) is 0. The van der Waals surface area contributed by atoms with Gasteiger partial charge in [0.05, 0.1) is 23.7 Å². The highest BCUT2D eigenvalue weighted by Crippen LogP contribution is 2.30. The number of benzene rings is 1. The monoisotopic (exact) mass is 400 g/mol. The molecule has 0 saturated heterocycles. The Labute approximate surface area is 171 Å². The van der Waals surface area contributed by atoms with E-state index in [-0.39, 0.29) is 5.89 Å². The molecule has 8 heteroatoms. The minimum absolute atomic E-state index is 0.254. The van der Waals surface area contributed by atoms with Crippen LogP contribution in [0.2, 0.25) is 0 Å². The zero-order valence-electron chi connectivity index (χ0n) is 15.8. The lowest BCUT2D eigenvalue weighted by molar-refractivity contribution is 0.583. The maximum absolute atomic E-state index is 9.18. The van der Waals surface area contributed by atoms with Crippen LogP contribution in [-0.4, -0.2) is 39.2 Å². The van der Waals surface area contributed by atoms with Gasteiger partial charge in [-0.3, -0.25) is 4.98 Å². The van der Waals surface area contributed by atoms with Crippen LogP contribution in [-0.2, 0) is 0 Å². The second-order valence-corrected chi connectivity index (χ2v) is 7.31. The third-order valence-electron chi connectivity index (χ3n) is 4.31. The van der Waals surface area contributed by atoms with Crippen LogP contribution in [0.25, 0.3) is 39.3 Å². The number of thiophene rings is 1. The molecule has 3 heterocycles. The molecule has 4 rings (SSSR count). The Kier molecular flexibility index (Phi) is 4.89. The van der Waals surface area contributed by atoms with Crippen LogP contribution in [0.5, 0.6) is 0 Å². The maximum atomic E-state index is 9.18. The molecule has 29 heavy (non-hydrogen) atoms. The minimum Gasteiger partial charge on any atom is -0.414 e. The fraction of sp³-hybridized carbons (Fsp3) is 0.0952. The fourth-order valence-electron chi connectivity index (χ4n) is 2.68. The van der Waals surface area contributed by atoms with Gasteiger partial charge in [0, 0.05) is 25.4 Å². The van der Waals surface area contributed by atoms with Crippen molar-refractivity contribution >= 4 is 17.0 Å². The summed E-state index contributed by atoms with van der Waals surface area (Å²) in [7, 11) is 3.92. The molecule has 0 aliphatic carbocycles. The van der Waals surface area contributed by atoms with Gasteiger partial charge in [0.2, 0.25) is 0 Å². The highest BCUT2D eigenvalue weighted by atomic mass is 32.1. The number of rotatable bonds is 5. The van der Waals surface area contributed by atoms with Gasteiger partial charge < -0.3 is 9.32 Å². The maximum Gasteiger partial charge on any atom is 0.268 e. The van der Waals surface area contributed by atoms with E-state index in [2.05, 4.69) is 32.8 Å². The van der Waals surface area contributed by atoms with E-state index in [9.17, 15) is 5.26 Å². The zero-order valence-corrected chi connectivity index (χ0v) is 16.6. The summed E-state index contributed by atoms with van der Waals surface area (Å²) in [6.07, 6.45) is 3.26. The molecule has 1 aromatic carbocycles. The van der Waals surface area contributed by atoms with E-state index >= 15 is 0 Å². The molecule has 0 fully saturated rings. The molecule has 142 valence electrons. The predicted octanol–water partition coefficient (Wildman–Crippen LogP) is 4.33. The third kappa shape index (κ3) is 3.63. The van der Waals surface area contributed by atoms with Crippen molar-refractivity contribution in [3.05, 3.63) is 65.8 Å². The number of nitriles is 1. The van der Waals surface area contributed by atoms with Crippen LogP contribution < -0.4 is 0 Å². The first-order valence-electron chi connectivity index (χ1n) is 8.67. The second kappa shape index (κ2) is 7.66. The van der Waals surface area contributed by atoms with Gasteiger partial charge >= 0.3 is 0 Å². The number of aromatic nitrogens is 4. The van der Waals surface area contributed by atoms with E-state index in [0.717, 1.165) is 16.8 Å². The van der Waals surface area contributed by atoms with Crippen LogP contribution in [0.3, 0.4) is 0 Å². The highest BCUT2D eigenvalue weighted by Gasteiger charge is 2.16. The van der Waals surface area contributed by atoms with Crippen molar-refractivity contribution in [2.75, 3.05) is 14.1 Å². The van der Waals surface area contributed by atoms with Gasteiger partial charge in [-0.2, -0.15) is 5.26 Å². The topological polar surface area (TPSA) is 91.7 Å². The molecule has 0 aliphatic rings. The van der Waals surface area contributed by atoms with Crippen LogP contribution in [0, 0.1) is 11.3 Å². The summed E-state index contributed by atoms with van der Waals surface area (Å²) in [6, 6.07) is 11.8. The summed E-state index contributed by atoms with van der Waals surface area (Å²) in [5.74, 6) is 0.551. The van der Waals surface area contributed by atoms with Gasteiger partial charge in [-0.05, 0) is 17.0 Å². The van der Waals surface area contributed by atoms with Crippen LogP contribution in [0.4, 0.5) is 0 Å². The van der Waals surface area contributed by atoms with Gasteiger partial charge in [-0.1, -0.05) is 30.8 Å². The molecular formula is C21H16N6OS. The van der Waals surface area contributed by atoms with Gasteiger partial charge in [-0.15, -0.1) is 21.5 Å². The normalized spacial score (nSPS) is 10.5. The first-order valence-corrected chi connectivity index (χ1v) is 9.55. The standard InChI is InChI=1S/C21H16N6OS/c1-13(27(2)3)14-4-6-15(7-5-14)17-11-23-12-18(24-17)20-25-26-21(28-20)19-16(10-22)8-9-29-19/h4-9,11-12H,1H2,2-3H3. The molecule has 0 aliphatic heterocycles. The van der Waals surface area contributed by atoms with Crippen LogP contribution in [0.15, 0.2) is 59.1 Å². The summed E-state index contributed by atoms with van der Waals surface area (Å²) in [4.78, 5) is 11.5. The summed E-state index contributed by atoms with van der Waals surface area (Å²) in [5.41, 5.74) is 4.55. The first-order chi connectivity index (χ1) is 14.1. The van der Waals surface area contributed by atoms with Gasteiger partial charge in [0.15, 0.2) is 0 Å². The van der Waals surface area contributed by atoms with E-state index in [0.29, 0.717) is 27.7 Å². The van der Waals surface area contributed by atoms with Gasteiger partial charge in [0.1, 0.15) is 16.6 Å². The average Bonchev–Trinajstić information content (AvgIpc) is 3.42. The Hall–Kier alpha value is -3.83.